The lowest BCUT2D eigenvalue weighted by Gasteiger charge is -2.10. The minimum absolute atomic E-state index is 0.0157. The summed E-state index contributed by atoms with van der Waals surface area (Å²) in [5, 5.41) is 10.7. The second-order valence-corrected chi connectivity index (χ2v) is 7.12. The number of anilines is 1. The maximum absolute atomic E-state index is 12.0. The second kappa shape index (κ2) is 5.35. The van der Waals surface area contributed by atoms with Crippen molar-refractivity contribution in [2.24, 2.45) is 5.14 Å². The van der Waals surface area contributed by atoms with E-state index in [0.29, 0.717) is 0 Å². The Labute approximate surface area is 121 Å². The van der Waals surface area contributed by atoms with Gasteiger partial charge in [0.15, 0.2) is 5.03 Å². The van der Waals surface area contributed by atoms with Gasteiger partial charge in [-0.05, 0) is 24.3 Å². The lowest BCUT2D eigenvalue weighted by atomic mass is 10.3. The van der Waals surface area contributed by atoms with Crippen LogP contribution in [0.4, 0.5) is 5.69 Å². The SMILES string of the molecule is COc1ccc(NS(=O)(=O)c2ccn[nH]2)cc1S(N)(=O)=O. The largest absolute Gasteiger partial charge is 0.495 e. The van der Waals surface area contributed by atoms with Gasteiger partial charge in [-0.25, -0.2) is 13.6 Å². The van der Waals surface area contributed by atoms with E-state index in [1.165, 1.54) is 31.5 Å². The fourth-order valence-electron chi connectivity index (χ4n) is 1.57. The molecule has 0 saturated heterocycles. The van der Waals surface area contributed by atoms with E-state index in [0.717, 1.165) is 6.07 Å². The zero-order chi connectivity index (χ0) is 15.7. The van der Waals surface area contributed by atoms with Gasteiger partial charge in [0.1, 0.15) is 10.6 Å². The highest BCUT2D eigenvalue weighted by Gasteiger charge is 2.19. The predicted molar refractivity (Wildman–Crippen MR) is 73.8 cm³/mol. The van der Waals surface area contributed by atoms with Gasteiger partial charge in [0.2, 0.25) is 10.0 Å². The van der Waals surface area contributed by atoms with Gasteiger partial charge in [-0.15, -0.1) is 0 Å². The molecule has 0 radical (unpaired) electrons. The number of aromatic amines is 1. The number of nitrogens with zero attached hydrogens (tertiary/aromatic N) is 1. The van der Waals surface area contributed by atoms with Crippen LogP contribution in [-0.2, 0) is 20.0 Å². The molecule has 0 aliphatic heterocycles. The molecule has 2 rings (SSSR count). The zero-order valence-electron chi connectivity index (χ0n) is 10.8. The quantitative estimate of drug-likeness (QED) is 0.695. The minimum Gasteiger partial charge on any atom is -0.495 e. The number of benzene rings is 1. The molecule has 1 aromatic carbocycles. The molecule has 1 heterocycles. The van der Waals surface area contributed by atoms with Crippen molar-refractivity contribution in [2.45, 2.75) is 9.92 Å². The van der Waals surface area contributed by atoms with Crippen molar-refractivity contribution in [1.29, 1.82) is 0 Å². The fourth-order valence-corrected chi connectivity index (χ4v) is 3.25. The van der Waals surface area contributed by atoms with Gasteiger partial charge in [-0.3, -0.25) is 9.82 Å². The first-order chi connectivity index (χ1) is 9.74. The minimum atomic E-state index is -4.06. The van der Waals surface area contributed by atoms with Crippen LogP contribution in [0.2, 0.25) is 0 Å². The summed E-state index contributed by atoms with van der Waals surface area (Å²) in [5.41, 5.74) is 0.0226. The molecule has 0 spiro atoms. The van der Waals surface area contributed by atoms with Crippen LogP contribution in [-0.4, -0.2) is 34.1 Å². The first-order valence-electron chi connectivity index (χ1n) is 5.47. The number of nitrogens with two attached hydrogens (primary N) is 1. The lowest BCUT2D eigenvalue weighted by molar-refractivity contribution is 0.403. The number of rotatable bonds is 5. The summed E-state index contributed by atoms with van der Waals surface area (Å²) in [4.78, 5) is -0.324. The molecule has 0 saturated carbocycles. The number of ether oxygens (including phenoxy) is 1. The first kappa shape index (κ1) is 15.3. The van der Waals surface area contributed by atoms with Crippen LogP contribution >= 0.6 is 0 Å². The predicted octanol–water partition coefficient (Wildman–Crippen LogP) is -0.134. The van der Waals surface area contributed by atoms with Crippen molar-refractivity contribution in [3.8, 4) is 5.75 Å². The number of aromatic nitrogens is 2. The third-order valence-electron chi connectivity index (χ3n) is 2.49. The Morgan fingerprint density at radius 1 is 1.24 bits per heavy atom. The van der Waals surface area contributed by atoms with Crippen molar-refractivity contribution in [2.75, 3.05) is 11.8 Å². The summed E-state index contributed by atoms with van der Waals surface area (Å²) < 4.78 is 54.0. The van der Waals surface area contributed by atoms with Gasteiger partial charge in [-0.1, -0.05) is 0 Å². The molecule has 114 valence electrons. The van der Waals surface area contributed by atoms with Crippen LogP contribution in [0.5, 0.6) is 5.75 Å². The smallest absolute Gasteiger partial charge is 0.278 e. The summed E-state index contributed by atoms with van der Waals surface area (Å²) in [6.07, 6.45) is 1.28. The molecule has 11 heteroatoms. The van der Waals surface area contributed by atoms with Crippen molar-refractivity contribution in [3.05, 3.63) is 30.5 Å². The molecule has 0 unspecified atom stereocenters. The van der Waals surface area contributed by atoms with Crippen LogP contribution in [0.15, 0.2) is 40.4 Å². The summed E-state index contributed by atoms with van der Waals surface area (Å²) in [6.45, 7) is 0. The number of hydrogen-bond acceptors (Lipinski definition) is 6. The Morgan fingerprint density at radius 2 is 1.95 bits per heavy atom. The van der Waals surface area contributed by atoms with E-state index < -0.39 is 20.0 Å². The Morgan fingerprint density at radius 3 is 2.48 bits per heavy atom. The highest BCUT2D eigenvalue weighted by atomic mass is 32.2. The highest BCUT2D eigenvalue weighted by molar-refractivity contribution is 7.92. The Kier molecular flexibility index (Phi) is 3.89. The highest BCUT2D eigenvalue weighted by Crippen LogP contribution is 2.27. The van der Waals surface area contributed by atoms with E-state index in [1.807, 2.05) is 0 Å². The normalized spacial score (nSPS) is 12.1. The number of nitrogens with one attached hydrogen (secondary N) is 2. The van der Waals surface area contributed by atoms with E-state index in [-0.39, 0.29) is 21.4 Å². The van der Waals surface area contributed by atoms with Gasteiger partial charge in [0.05, 0.1) is 19.0 Å². The summed E-state index contributed by atoms with van der Waals surface area (Å²) >= 11 is 0. The Bertz CT molecular complexity index is 844. The monoisotopic (exact) mass is 332 g/mol. The number of primary sulfonamides is 1. The number of H-pyrrole nitrogens is 1. The molecule has 4 N–H and O–H groups in total. The molecular formula is C10H12N4O5S2. The summed E-state index contributed by atoms with van der Waals surface area (Å²) in [5.74, 6) is 0.0157. The van der Waals surface area contributed by atoms with Gasteiger partial charge in [0.25, 0.3) is 10.0 Å². The maximum Gasteiger partial charge on any atom is 0.278 e. The van der Waals surface area contributed by atoms with Crippen molar-refractivity contribution in [1.82, 2.24) is 10.2 Å². The molecule has 0 aliphatic carbocycles. The van der Waals surface area contributed by atoms with Crippen molar-refractivity contribution in [3.63, 3.8) is 0 Å². The fraction of sp³-hybridized carbons (Fsp3) is 0.100. The van der Waals surface area contributed by atoms with E-state index in [1.54, 1.807) is 0 Å². The Hall–Kier alpha value is -2.11. The van der Waals surface area contributed by atoms with E-state index >= 15 is 0 Å². The van der Waals surface area contributed by atoms with E-state index in [9.17, 15) is 16.8 Å². The Balaban J connectivity index is 2.43. The van der Waals surface area contributed by atoms with E-state index in [4.69, 9.17) is 9.88 Å². The summed E-state index contributed by atoms with van der Waals surface area (Å²) in [6, 6.07) is 4.97. The second-order valence-electron chi connectivity index (χ2n) is 3.94. The van der Waals surface area contributed by atoms with Crippen molar-refractivity contribution >= 4 is 25.7 Å². The molecule has 0 aliphatic rings. The molecule has 0 fully saturated rings. The topological polar surface area (TPSA) is 144 Å². The van der Waals surface area contributed by atoms with Crippen LogP contribution in [0.3, 0.4) is 0 Å². The molecular weight excluding hydrogens is 320 g/mol. The zero-order valence-corrected chi connectivity index (χ0v) is 12.4. The molecule has 0 bridgehead atoms. The number of sulfonamides is 2. The van der Waals surface area contributed by atoms with Crippen LogP contribution < -0.4 is 14.6 Å². The van der Waals surface area contributed by atoms with Crippen LogP contribution in [0, 0.1) is 0 Å². The third kappa shape index (κ3) is 3.32. The standard InChI is InChI=1S/C10H12N4O5S2/c1-19-8-3-2-7(6-9(8)20(11,15)16)14-21(17,18)10-4-5-12-13-10/h2-6,14H,1H3,(H,12,13)(H2,11,15,16). The van der Waals surface area contributed by atoms with E-state index in [2.05, 4.69) is 14.9 Å². The first-order valence-corrected chi connectivity index (χ1v) is 8.50. The molecule has 9 nitrogen and oxygen atoms in total. The summed E-state index contributed by atoms with van der Waals surface area (Å²) in [7, 11) is -6.68. The molecule has 21 heavy (non-hydrogen) atoms. The van der Waals surface area contributed by atoms with Gasteiger partial charge in [0, 0.05) is 0 Å². The molecule has 2 aromatic rings. The third-order valence-corrected chi connectivity index (χ3v) is 4.73. The van der Waals surface area contributed by atoms with Crippen molar-refractivity contribution < 1.29 is 21.6 Å². The molecule has 1 aromatic heterocycles. The van der Waals surface area contributed by atoms with Crippen LogP contribution in [0.1, 0.15) is 0 Å². The number of methoxy groups -OCH3 is 1. The van der Waals surface area contributed by atoms with Gasteiger partial charge in [-0.2, -0.15) is 13.5 Å². The molecule has 0 atom stereocenters. The maximum atomic E-state index is 12.0. The lowest BCUT2D eigenvalue weighted by Crippen LogP contribution is -2.16. The van der Waals surface area contributed by atoms with Gasteiger partial charge < -0.3 is 4.74 Å². The van der Waals surface area contributed by atoms with Crippen LogP contribution in [0.25, 0.3) is 0 Å². The average molecular weight is 332 g/mol. The average Bonchev–Trinajstić information content (AvgIpc) is 2.92. The van der Waals surface area contributed by atoms with Gasteiger partial charge >= 0.3 is 0 Å². The number of hydrogen-bond donors (Lipinski definition) is 3. The molecule has 0 amide bonds.